The van der Waals surface area contributed by atoms with Gasteiger partial charge in [-0.3, -0.25) is 9.59 Å². The fourth-order valence-electron chi connectivity index (χ4n) is 3.23. The van der Waals surface area contributed by atoms with Crippen LogP contribution in [0.25, 0.3) is 0 Å². The molecule has 154 valence electrons. The predicted octanol–water partition coefficient (Wildman–Crippen LogP) is 3.62. The van der Waals surface area contributed by atoms with Crippen LogP contribution in [0.5, 0.6) is 5.75 Å². The molecular formula is C23H28N2O4. The predicted molar refractivity (Wildman–Crippen MR) is 112 cm³/mol. The van der Waals surface area contributed by atoms with Crippen LogP contribution in [0.15, 0.2) is 42.5 Å². The summed E-state index contributed by atoms with van der Waals surface area (Å²) in [5.41, 5.74) is 2.97. The molecule has 3 rings (SSSR count). The molecule has 1 aliphatic heterocycles. The first-order chi connectivity index (χ1) is 14.0. The van der Waals surface area contributed by atoms with Crippen LogP contribution in [0, 0.1) is 13.8 Å². The normalized spacial score (nSPS) is 16.9. The highest BCUT2D eigenvalue weighted by Crippen LogP contribution is 2.22. The third-order valence-electron chi connectivity index (χ3n) is 5.17. The maximum absolute atomic E-state index is 12.7. The lowest BCUT2D eigenvalue weighted by atomic mass is 10.1. The van der Waals surface area contributed by atoms with Gasteiger partial charge in [0.25, 0.3) is 11.8 Å². The van der Waals surface area contributed by atoms with E-state index >= 15 is 0 Å². The lowest BCUT2D eigenvalue weighted by molar-refractivity contribution is -0.122. The topological polar surface area (TPSA) is 76.7 Å². The fraction of sp³-hybridized carbons (Fsp3) is 0.391. The number of benzene rings is 2. The van der Waals surface area contributed by atoms with Crippen molar-refractivity contribution < 1.29 is 19.1 Å². The Labute approximate surface area is 171 Å². The van der Waals surface area contributed by atoms with E-state index in [9.17, 15) is 9.59 Å². The third-order valence-corrected chi connectivity index (χ3v) is 5.17. The molecule has 1 aliphatic rings. The fourth-order valence-corrected chi connectivity index (χ4v) is 3.23. The second-order valence-electron chi connectivity index (χ2n) is 7.34. The molecule has 6 heteroatoms. The monoisotopic (exact) mass is 396 g/mol. The van der Waals surface area contributed by atoms with Crippen LogP contribution in [0.3, 0.4) is 0 Å². The highest BCUT2D eigenvalue weighted by Gasteiger charge is 2.21. The molecule has 0 spiro atoms. The third kappa shape index (κ3) is 5.35. The molecule has 2 atom stereocenters. The number of anilines is 1. The highest BCUT2D eigenvalue weighted by molar-refractivity contribution is 6.04. The number of rotatable bonds is 7. The van der Waals surface area contributed by atoms with E-state index in [0.29, 0.717) is 23.5 Å². The van der Waals surface area contributed by atoms with Gasteiger partial charge in [0, 0.05) is 13.2 Å². The zero-order chi connectivity index (χ0) is 20.8. The van der Waals surface area contributed by atoms with Gasteiger partial charge in [0.05, 0.1) is 17.4 Å². The first-order valence-electron chi connectivity index (χ1n) is 9.98. The summed E-state index contributed by atoms with van der Waals surface area (Å²) in [6, 6.07) is 12.7. The molecule has 6 nitrogen and oxygen atoms in total. The molecule has 0 radical (unpaired) electrons. The van der Waals surface area contributed by atoms with Crippen LogP contribution in [0.2, 0.25) is 0 Å². The van der Waals surface area contributed by atoms with E-state index in [-0.39, 0.29) is 17.9 Å². The van der Waals surface area contributed by atoms with Gasteiger partial charge in [0.1, 0.15) is 5.75 Å². The van der Waals surface area contributed by atoms with E-state index in [2.05, 4.69) is 10.6 Å². The van der Waals surface area contributed by atoms with Crippen LogP contribution in [0.1, 0.15) is 41.3 Å². The molecule has 1 saturated heterocycles. The van der Waals surface area contributed by atoms with Gasteiger partial charge >= 0.3 is 0 Å². The van der Waals surface area contributed by atoms with Crippen molar-refractivity contribution in [3.05, 3.63) is 59.2 Å². The molecule has 2 unspecified atom stereocenters. The maximum atomic E-state index is 12.7. The Morgan fingerprint density at radius 3 is 2.72 bits per heavy atom. The number of carbonyl (C=O) groups excluding carboxylic acids is 2. The molecule has 0 aromatic heterocycles. The van der Waals surface area contributed by atoms with Gasteiger partial charge in [-0.25, -0.2) is 0 Å². The van der Waals surface area contributed by atoms with Crippen molar-refractivity contribution in [2.75, 3.05) is 18.5 Å². The molecule has 2 aromatic rings. The number of carbonyl (C=O) groups is 2. The van der Waals surface area contributed by atoms with E-state index < -0.39 is 6.10 Å². The zero-order valence-electron chi connectivity index (χ0n) is 17.2. The summed E-state index contributed by atoms with van der Waals surface area (Å²) >= 11 is 0. The summed E-state index contributed by atoms with van der Waals surface area (Å²) in [5.74, 6) is 0.125. The molecule has 1 heterocycles. The second kappa shape index (κ2) is 9.56. The number of para-hydroxylation sites is 1. The minimum atomic E-state index is -0.710. The van der Waals surface area contributed by atoms with E-state index in [4.69, 9.17) is 9.47 Å². The standard InChI is InChI=1S/C23H28N2O4/c1-15-8-6-12-21(16(15)2)29-17(3)22(26)25-20-11-5-4-10-19(20)23(27)24-14-18-9-7-13-28-18/h4-6,8,10-12,17-18H,7,9,13-14H2,1-3H3,(H,24,27)(H,25,26). The van der Waals surface area contributed by atoms with E-state index in [1.165, 1.54) is 0 Å². The van der Waals surface area contributed by atoms with E-state index in [1.807, 2.05) is 32.0 Å². The molecule has 2 N–H and O–H groups in total. The quantitative estimate of drug-likeness (QED) is 0.749. The average Bonchev–Trinajstić information content (AvgIpc) is 3.23. The second-order valence-corrected chi connectivity index (χ2v) is 7.34. The first kappa shape index (κ1) is 20.9. The van der Waals surface area contributed by atoms with Gasteiger partial charge in [0.2, 0.25) is 0 Å². The van der Waals surface area contributed by atoms with Crippen LogP contribution in [-0.4, -0.2) is 37.2 Å². The van der Waals surface area contributed by atoms with Gasteiger partial charge < -0.3 is 20.1 Å². The van der Waals surface area contributed by atoms with E-state index in [0.717, 1.165) is 30.6 Å². The Bertz CT molecular complexity index is 875. The van der Waals surface area contributed by atoms with Gasteiger partial charge in [0.15, 0.2) is 6.10 Å². The van der Waals surface area contributed by atoms with Crippen LogP contribution in [0.4, 0.5) is 5.69 Å². The van der Waals surface area contributed by atoms with Crippen LogP contribution < -0.4 is 15.4 Å². The Morgan fingerprint density at radius 2 is 1.97 bits per heavy atom. The van der Waals surface area contributed by atoms with Crippen LogP contribution >= 0.6 is 0 Å². The Morgan fingerprint density at radius 1 is 1.17 bits per heavy atom. The summed E-state index contributed by atoms with van der Waals surface area (Å²) < 4.78 is 11.4. The van der Waals surface area contributed by atoms with Gasteiger partial charge in [-0.15, -0.1) is 0 Å². The lowest BCUT2D eigenvalue weighted by Gasteiger charge is -2.18. The molecule has 0 aliphatic carbocycles. The first-order valence-corrected chi connectivity index (χ1v) is 9.98. The molecule has 2 amide bonds. The molecule has 29 heavy (non-hydrogen) atoms. The lowest BCUT2D eigenvalue weighted by Crippen LogP contribution is -2.34. The summed E-state index contributed by atoms with van der Waals surface area (Å²) in [6.45, 7) is 6.86. The maximum Gasteiger partial charge on any atom is 0.265 e. The molecule has 2 aromatic carbocycles. The highest BCUT2D eigenvalue weighted by atomic mass is 16.5. The number of aryl methyl sites for hydroxylation is 1. The summed E-state index contributed by atoms with van der Waals surface area (Å²) in [5, 5.41) is 5.71. The summed E-state index contributed by atoms with van der Waals surface area (Å²) in [4.78, 5) is 25.3. The van der Waals surface area contributed by atoms with Crippen molar-refractivity contribution >= 4 is 17.5 Å². The Kier molecular flexibility index (Phi) is 6.88. The zero-order valence-corrected chi connectivity index (χ0v) is 17.2. The van der Waals surface area contributed by atoms with Gasteiger partial charge in [-0.05, 0) is 62.9 Å². The largest absolute Gasteiger partial charge is 0.481 e. The molecule has 0 bridgehead atoms. The molecule has 0 saturated carbocycles. The SMILES string of the molecule is Cc1cccc(OC(C)C(=O)Nc2ccccc2C(=O)NCC2CCCO2)c1C. The molecular weight excluding hydrogens is 368 g/mol. The minimum Gasteiger partial charge on any atom is -0.481 e. The van der Waals surface area contributed by atoms with Crippen molar-refractivity contribution in [2.24, 2.45) is 0 Å². The van der Waals surface area contributed by atoms with Crippen molar-refractivity contribution in [1.82, 2.24) is 5.32 Å². The average molecular weight is 396 g/mol. The van der Waals surface area contributed by atoms with E-state index in [1.54, 1.807) is 31.2 Å². The van der Waals surface area contributed by atoms with Crippen LogP contribution in [-0.2, 0) is 9.53 Å². The Balaban J connectivity index is 1.63. The minimum absolute atomic E-state index is 0.0618. The Hall–Kier alpha value is -2.86. The van der Waals surface area contributed by atoms with Crippen molar-refractivity contribution in [3.63, 3.8) is 0 Å². The number of ether oxygens (including phenoxy) is 2. The summed E-state index contributed by atoms with van der Waals surface area (Å²) in [7, 11) is 0. The van der Waals surface area contributed by atoms with Gasteiger partial charge in [-0.2, -0.15) is 0 Å². The number of amides is 2. The summed E-state index contributed by atoms with van der Waals surface area (Å²) in [6.07, 6.45) is 1.32. The number of nitrogens with one attached hydrogen (secondary N) is 2. The van der Waals surface area contributed by atoms with Crippen molar-refractivity contribution in [2.45, 2.75) is 45.8 Å². The number of hydrogen-bond donors (Lipinski definition) is 2. The smallest absolute Gasteiger partial charge is 0.265 e. The molecule has 1 fully saturated rings. The van der Waals surface area contributed by atoms with Crippen molar-refractivity contribution in [1.29, 1.82) is 0 Å². The number of hydrogen-bond acceptors (Lipinski definition) is 4. The van der Waals surface area contributed by atoms with Gasteiger partial charge in [-0.1, -0.05) is 24.3 Å². The van der Waals surface area contributed by atoms with Crippen molar-refractivity contribution in [3.8, 4) is 5.75 Å².